The molecule has 0 saturated carbocycles. The van der Waals surface area contributed by atoms with E-state index in [1.165, 1.54) is 19.2 Å². The van der Waals surface area contributed by atoms with E-state index in [0.717, 1.165) is 20.3 Å². The van der Waals surface area contributed by atoms with E-state index in [4.69, 9.17) is 8.92 Å². The molecule has 2 aromatic carbocycles. The highest BCUT2D eigenvalue weighted by molar-refractivity contribution is 14.1. The summed E-state index contributed by atoms with van der Waals surface area (Å²) in [6.07, 6.45) is 0. The number of halogens is 1. The minimum Gasteiger partial charge on any atom is -0.493 e. The number of hydrogen-bond donors (Lipinski definition) is 0. The minimum absolute atomic E-state index is 0.120. The molecule has 6 heteroatoms. The fraction of sp³-hybridized carbons (Fsp3) is 0.250. The van der Waals surface area contributed by atoms with Crippen molar-refractivity contribution < 1.29 is 17.3 Å². The van der Waals surface area contributed by atoms with E-state index in [1.54, 1.807) is 18.2 Å². The molecule has 0 radical (unpaired) electrons. The lowest BCUT2D eigenvalue weighted by molar-refractivity contribution is 0.389. The third-order valence-electron chi connectivity index (χ3n) is 3.41. The molecule has 0 heterocycles. The predicted molar refractivity (Wildman–Crippen MR) is 94.2 cm³/mol. The third kappa shape index (κ3) is 3.38. The number of rotatable bonds is 4. The third-order valence-corrected chi connectivity index (χ3v) is 5.95. The first-order valence-electron chi connectivity index (χ1n) is 6.61. The van der Waals surface area contributed by atoms with Crippen molar-refractivity contribution in [3.05, 3.63) is 50.6 Å². The van der Waals surface area contributed by atoms with Gasteiger partial charge in [0, 0.05) is 0 Å². The fourth-order valence-corrected chi connectivity index (χ4v) is 3.82. The Balaban J connectivity index is 2.50. The second-order valence-corrected chi connectivity index (χ2v) is 7.64. The zero-order valence-electron chi connectivity index (χ0n) is 12.8. The van der Waals surface area contributed by atoms with Crippen LogP contribution in [-0.2, 0) is 10.1 Å². The molecule has 0 amide bonds. The van der Waals surface area contributed by atoms with Crippen molar-refractivity contribution in [2.75, 3.05) is 7.11 Å². The van der Waals surface area contributed by atoms with E-state index in [0.29, 0.717) is 5.75 Å². The van der Waals surface area contributed by atoms with Crippen molar-refractivity contribution in [1.29, 1.82) is 0 Å². The summed E-state index contributed by atoms with van der Waals surface area (Å²) in [5, 5.41) is 0. The van der Waals surface area contributed by atoms with E-state index in [9.17, 15) is 8.42 Å². The van der Waals surface area contributed by atoms with Gasteiger partial charge in [-0.2, -0.15) is 8.42 Å². The van der Waals surface area contributed by atoms with Gasteiger partial charge in [0.25, 0.3) is 0 Å². The van der Waals surface area contributed by atoms with E-state index < -0.39 is 10.1 Å². The van der Waals surface area contributed by atoms with Crippen LogP contribution in [0.5, 0.6) is 11.5 Å². The maximum absolute atomic E-state index is 12.4. The molecule has 0 aliphatic carbocycles. The molecular weight excluding hydrogens is 415 g/mol. The van der Waals surface area contributed by atoms with E-state index in [2.05, 4.69) is 22.6 Å². The van der Waals surface area contributed by atoms with Crippen molar-refractivity contribution in [2.45, 2.75) is 25.7 Å². The Kier molecular flexibility index (Phi) is 5.01. The lowest BCUT2D eigenvalue weighted by Gasteiger charge is -2.15. The zero-order valence-corrected chi connectivity index (χ0v) is 15.8. The second-order valence-electron chi connectivity index (χ2n) is 5.01. The number of hydrogen-bond acceptors (Lipinski definition) is 4. The highest BCUT2D eigenvalue weighted by atomic mass is 127. The first-order valence-corrected chi connectivity index (χ1v) is 9.10. The van der Waals surface area contributed by atoms with Gasteiger partial charge in [0.05, 0.1) is 10.7 Å². The van der Waals surface area contributed by atoms with Crippen LogP contribution in [0.2, 0.25) is 0 Å². The van der Waals surface area contributed by atoms with Crippen molar-refractivity contribution in [1.82, 2.24) is 0 Å². The molecule has 0 N–H and O–H groups in total. The molecule has 0 unspecified atom stereocenters. The van der Waals surface area contributed by atoms with E-state index >= 15 is 0 Å². The molecule has 2 aromatic rings. The Bertz CT molecular complexity index is 796. The van der Waals surface area contributed by atoms with Crippen molar-refractivity contribution in [3.8, 4) is 11.5 Å². The molecule has 22 heavy (non-hydrogen) atoms. The summed E-state index contributed by atoms with van der Waals surface area (Å²) in [6.45, 7) is 5.76. The fourth-order valence-electron chi connectivity index (χ4n) is 1.91. The van der Waals surface area contributed by atoms with Crippen molar-refractivity contribution in [2.24, 2.45) is 0 Å². The Labute approximate surface area is 144 Å². The molecule has 0 spiro atoms. The average molecular weight is 432 g/mol. The Morgan fingerprint density at radius 2 is 1.64 bits per heavy atom. The van der Waals surface area contributed by atoms with Crippen LogP contribution in [0.1, 0.15) is 16.7 Å². The summed E-state index contributed by atoms with van der Waals surface area (Å²) in [5.74, 6) is 0.634. The lowest BCUT2D eigenvalue weighted by atomic mass is 10.1. The van der Waals surface area contributed by atoms with Gasteiger partial charge in [-0.25, -0.2) is 0 Å². The molecule has 0 bridgehead atoms. The summed E-state index contributed by atoms with van der Waals surface area (Å²) in [4.78, 5) is 0.120. The van der Waals surface area contributed by atoms with Gasteiger partial charge >= 0.3 is 10.1 Å². The normalized spacial score (nSPS) is 11.3. The highest BCUT2D eigenvalue weighted by Gasteiger charge is 2.22. The smallest absolute Gasteiger partial charge is 0.339 e. The Morgan fingerprint density at radius 1 is 1.05 bits per heavy atom. The number of aryl methyl sites for hydroxylation is 2. The van der Waals surface area contributed by atoms with Crippen LogP contribution in [0.25, 0.3) is 0 Å². The molecule has 118 valence electrons. The predicted octanol–water partition coefficient (Wildman–Crippen LogP) is 3.99. The van der Waals surface area contributed by atoms with E-state index in [-0.39, 0.29) is 10.6 Å². The highest BCUT2D eigenvalue weighted by Crippen LogP contribution is 2.38. The van der Waals surface area contributed by atoms with Gasteiger partial charge < -0.3 is 8.92 Å². The lowest BCUT2D eigenvalue weighted by Crippen LogP contribution is -2.12. The van der Waals surface area contributed by atoms with Crippen LogP contribution >= 0.6 is 22.6 Å². The first kappa shape index (κ1) is 17.1. The first-order chi connectivity index (χ1) is 10.3. The minimum atomic E-state index is -3.90. The van der Waals surface area contributed by atoms with Crippen LogP contribution in [0.4, 0.5) is 0 Å². The SMILES string of the molecule is COc1cc(C)c(C)c(I)c1OS(=O)(=O)c1ccc(C)cc1. The van der Waals surface area contributed by atoms with Crippen LogP contribution in [-0.4, -0.2) is 15.5 Å². The topological polar surface area (TPSA) is 52.6 Å². The maximum atomic E-state index is 12.4. The monoisotopic (exact) mass is 432 g/mol. The van der Waals surface area contributed by atoms with Crippen LogP contribution in [0.3, 0.4) is 0 Å². The van der Waals surface area contributed by atoms with Crippen LogP contribution in [0, 0.1) is 24.3 Å². The van der Waals surface area contributed by atoms with Crippen LogP contribution < -0.4 is 8.92 Å². The summed E-state index contributed by atoms with van der Waals surface area (Å²) >= 11 is 2.07. The molecule has 4 nitrogen and oxygen atoms in total. The molecule has 0 saturated heterocycles. The molecule has 0 aromatic heterocycles. The van der Waals surface area contributed by atoms with Gasteiger partial charge in [0.2, 0.25) is 0 Å². The quantitative estimate of drug-likeness (QED) is 0.542. The summed E-state index contributed by atoms with van der Waals surface area (Å²) in [7, 11) is -2.41. The summed E-state index contributed by atoms with van der Waals surface area (Å²) < 4.78 is 36.2. The average Bonchev–Trinajstić information content (AvgIpc) is 2.48. The van der Waals surface area contributed by atoms with Gasteiger partial charge in [-0.15, -0.1) is 0 Å². The van der Waals surface area contributed by atoms with E-state index in [1.807, 2.05) is 20.8 Å². The number of ether oxygens (including phenoxy) is 1. The Hall–Kier alpha value is -1.28. The second kappa shape index (κ2) is 6.45. The van der Waals surface area contributed by atoms with Gasteiger partial charge in [-0.05, 0) is 72.7 Å². The van der Waals surface area contributed by atoms with Crippen LogP contribution in [0.15, 0.2) is 35.2 Å². The Morgan fingerprint density at radius 3 is 2.18 bits per heavy atom. The van der Waals surface area contributed by atoms with Gasteiger partial charge in [-0.3, -0.25) is 0 Å². The molecule has 2 rings (SSSR count). The van der Waals surface area contributed by atoms with Crippen molar-refractivity contribution in [3.63, 3.8) is 0 Å². The molecule has 0 aliphatic rings. The molecule has 0 fully saturated rings. The standard InChI is InChI=1S/C16H17IO4S/c1-10-5-7-13(8-6-10)22(18,19)21-16-14(20-4)9-11(2)12(3)15(16)17/h5-9H,1-4H3. The molecular formula is C16H17IO4S. The maximum Gasteiger partial charge on any atom is 0.339 e. The summed E-state index contributed by atoms with van der Waals surface area (Å²) in [6, 6.07) is 8.31. The van der Waals surface area contributed by atoms with Crippen molar-refractivity contribution >= 4 is 32.7 Å². The zero-order chi connectivity index (χ0) is 16.5. The van der Waals surface area contributed by atoms with Gasteiger partial charge in [0.1, 0.15) is 4.90 Å². The van der Waals surface area contributed by atoms with Gasteiger partial charge in [0.15, 0.2) is 11.5 Å². The molecule has 0 atom stereocenters. The number of methoxy groups -OCH3 is 1. The molecule has 0 aliphatic heterocycles. The van der Waals surface area contributed by atoms with Gasteiger partial charge in [-0.1, -0.05) is 17.7 Å². The largest absolute Gasteiger partial charge is 0.493 e. The summed E-state index contributed by atoms with van der Waals surface area (Å²) in [5.41, 5.74) is 2.97. The number of benzene rings is 2.